The molecule has 5 unspecified atom stereocenters. The number of rotatable bonds is 10. The van der Waals surface area contributed by atoms with Crippen molar-refractivity contribution in [3.05, 3.63) is 275 Å². The van der Waals surface area contributed by atoms with Crippen LogP contribution in [0.2, 0.25) is 0 Å². The number of nitrogens with zero attached hydrogens (tertiary/aromatic N) is 2. The van der Waals surface area contributed by atoms with Gasteiger partial charge in [-0.3, -0.25) is 0 Å². The number of hydrogen-bond donors (Lipinski definition) is 2. The zero-order valence-corrected chi connectivity index (χ0v) is 44.4. The smallest absolute Gasteiger partial charge is 0.217 e. The maximum atomic E-state index is 7.26. The quantitative estimate of drug-likeness (QED) is 0.0617. The minimum Gasteiger partial charge on any atom is -0.483 e. The van der Waals surface area contributed by atoms with Gasteiger partial charge in [-0.2, -0.15) is 0 Å². The highest BCUT2D eigenvalue weighted by molar-refractivity contribution is 6.16. The van der Waals surface area contributed by atoms with Crippen molar-refractivity contribution in [2.45, 2.75) is 51.4 Å². The van der Waals surface area contributed by atoms with Gasteiger partial charge in [-0.15, -0.1) is 0 Å². The topological polar surface area (TPSA) is 95.2 Å². The van der Waals surface area contributed by atoms with Crippen molar-refractivity contribution in [1.29, 1.82) is 0 Å². The van der Waals surface area contributed by atoms with E-state index in [9.17, 15) is 0 Å². The van der Waals surface area contributed by atoms with Gasteiger partial charge >= 0.3 is 0 Å². The lowest BCUT2D eigenvalue weighted by molar-refractivity contribution is 0.231. The molecule has 0 aromatic heterocycles. The average molecular weight is 1020 g/mol. The Kier molecular flexibility index (Phi) is 11.8. The van der Waals surface area contributed by atoms with Crippen molar-refractivity contribution < 1.29 is 9.47 Å². The lowest BCUT2D eigenvalue weighted by Crippen LogP contribution is -2.26. The predicted molar refractivity (Wildman–Crippen MR) is 328 cm³/mol. The van der Waals surface area contributed by atoms with Gasteiger partial charge in [0.15, 0.2) is 11.9 Å². The predicted octanol–water partition coefficient (Wildman–Crippen LogP) is 17.8. The molecule has 79 heavy (non-hydrogen) atoms. The molecule has 3 aliphatic rings. The molecule has 11 aromatic carbocycles. The van der Waals surface area contributed by atoms with Gasteiger partial charge in [-0.05, 0) is 144 Å². The molecule has 14 rings (SSSR count). The fourth-order valence-electron chi connectivity index (χ4n) is 12.4. The zero-order chi connectivity index (χ0) is 53.3. The average Bonchev–Trinajstić information content (AvgIpc) is 4.05. The second kappa shape index (κ2) is 19.5. The Morgan fingerprint density at radius 2 is 1.18 bits per heavy atom. The lowest BCUT2D eigenvalue weighted by Gasteiger charge is -2.33. The molecule has 1 aliphatic heterocycles. The third kappa shape index (κ3) is 8.52. The first-order chi connectivity index (χ1) is 38.7. The number of nitrogens with two attached hydrogens (primary N) is 2. The van der Waals surface area contributed by atoms with Crippen molar-refractivity contribution in [3.8, 4) is 28.0 Å². The fraction of sp³-hybridized carbons (Fsp3) is 0.123. The highest BCUT2D eigenvalue weighted by Gasteiger charge is 2.42. The van der Waals surface area contributed by atoms with Crippen LogP contribution in [-0.4, -0.2) is 17.8 Å². The van der Waals surface area contributed by atoms with Crippen LogP contribution in [0, 0.1) is 5.92 Å². The van der Waals surface area contributed by atoms with Crippen LogP contribution < -0.4 is 16.2 Å². The molecule has 0 bridgehead atoms. The third-order valence-electron chi connectivity index (χ3n) is 16.7. The van der Waals surface area contributed by atoms with E-state index < -0.39 is 0 Å². The lowest BCUT2D eigenvalue weighted by atomic mass is 9.75. The zero-order valence-electron chi connectivity index (χ0n) is 44.4. The van der Waals surface area contributed by atoms with Crippen LogP contribution in [-0.2, 0) is 4.74 Å². The van der Waals surface area contributed by atoms with Gasteiger partial charge in [0.1, 0.15) is 18.0 Å². The number of benzene rings is 11. The summed E-state index contributed by atoms with van der Waals surface area (Å²) in [5.74, 6) is 2.12. The van der Waals surface area contributed by atoms with E-state index in [1.54, 1.807) is 0 Å². The number of aliphatic imine (C=N–C) groups is 2. The number of anilines is 1. The molecule has 0 fully saturated rings. The molecule has 1 heterocycles. The van der Waals surface area contributed by atoms with Crippen molar-refractivity contribution in [1.82, 2.24) is 0 Å². The molecule has 2 aliphatic carbocycles. The molecule has 4 N–H and O–H groups in total. The fourth-order valence-corrected chi connectivity index (χ4v) is 12.4. The highest BCUT2D eigenvalue weighted by Crippen LogP contribution is 2.49. The number of fused-ring (bicyclic) bond motifs is 10. The van der Waals surface area contributed by atoms with Crippen LogP contribution in [0.4, 0.5) is 11.4 Å². The summed E-state index contributed by atoms with van der Waals surface area (Å²) in [7, 11) is 0. The van der Waals surface area contributed by atoms with Gasteiger partial charge in [0.25, 0.3) is 0 Å². The molecule has 0 saturated carbocycles. The third-order valence-corrected chi connectivity index (χ3v) is 16.7. The van der Waals surface area contributed by atoms with E-state index in [4.69, 9.17) is 30.9 Å². The Labute approximate surface area is 460 Å². The maximum absolute atomic E-state index is 7.26. The molecule has 6 nitrogen and oxygen atoms in total. The molecule has 0 amide bonds. The molecule has 0 radical (unpaired) electrons. The van der Waals surface area contributed by atoms with E-state index in [1.807, 2.05) is 24.3 Å². The van der Waals surface area contributed by atoms with Crippen molar-refractivity contribution in [3.63, 3.8) is 0 Å². The molecule has 6 heteroatoms. The van der Waals surface area contributed by atoms with E-state index in [0.29, 0.717) is 29.1 Å². The maximum Gasteiger partial charge on any atom is 0.217 e. The van der Waals surface area contributed by atoms with Gasteiger partial charge in [-0.1, -0.05) is 208 Å². The second-order valence-corrected chi connectivity index (χ2v) is 21.6. The second-order valence-electron chi connectivity index (χ2n) is 21.6. The van der Waals surface area contributed by atoms with Crippen LogP contribution in [0.1, 0.15) is 84.2 Å². The Bertz CT molecular complexity index is 4380. The summed E-state index contributed by atoms with van der Waals surface area (Å²) in [6.07, 6.45) is 5.12. The van der Waals surface area contributed by atoms with Crippen LogP contribution in [0.3, 0.4) is 0 Å². The summed E-state index contributed by atoms with van der Waals surface area (Å²) in [6.45, 7) is 6.64. The first-order valence-electron chi connectivity index (χ1n) is 27.5. The van der Waals surface area contributed by atoms with E-state index in [-0.39, 0.29) is 24.2 Å². The molecule has 0 spiro atoms. The van der Waals surface area contributed by atoms with Gasteiger partial charge in [0, 0.05) is 33.4 Å². The Morgan fingerprint density at radius 1 is 0.582 bits per heavy atom. The van der Waals surface area contributed by atoms with Crippen LogP contribution in [0.5, 0.6) is 5.75 Å². The monoisotopic (exact) mass is 1020 g/mol. The van der Waals surface area contributed by atoms with Crippen molar-refractivity contribution >= 4 is 71.8 Å². The number of ether oxygens (including phenoxy) is 2. The number of amidine groups is 1. The van der Waals surface area contributed by atoms with Crippen LogP contribution in [0.15, 0.2) is 246 Å². The molecular formula is C73H58N4O2. The van der Waals surface area contributed by atoms with Gasteiger partial charge < -0.3 is 20.9 Å². The first kappa shape index (κ1) is 47.9. The summed E-state index contributed by atoms with van der Waals surface area (Å²) in [5, 5.41) is 8.91. The normalized spacial score (nSPS) is 17.5. The Morgan fingerprint density at radius 3 is 1.91 bits per heavy atom. The van der Waals surface area contributed by atoms with E-state index in [0.717, 1.165) is 89.1 Å². The molecule has 11 aromatic rings. The Hall–Kier alpha value is -9.52. The first-order valence-corrected chi connectivity index (χ1v) is 27.5. The van der Waals surface area contributed by atoms with Crippen LogP contribution in [0.25, 0.3) is 70.9 Å². The number of hydrogen-bond acceptors (Lipinski definition) is 5. The Balaban J connectivity index is 0.855. The minimum atomic E-state index is -0.283. The standard InChI is InChI=1S/C73H58N4O2/c1-43-24-37-63-66(38-43)59-20-9-12-22-61(59)69-71(63)79-73(77-69)51-33-31-50(32-34-51)72(75)76-68-64(41-56(54-35-29-48-14-4-6-16-52(48)39-54)42-65(68)55-36-30-49-15-5-7-17-53(49)40-55)44(2)46-25-27-47(28-26-46)45(3)78-70-62-23-13-10-19-58(62)57-18-8-11-21-60(57)67(70)74/h4-37,39-45,69,71H,38,74H2,1-3H3,(H2,75,76). The minimum absolute atomic E-state index is 0.107. The molecule has 0 saturated heterocycles. The van der Waals surface area contributed by atoms with Gasteiger partial charge in [0.2, 0.25) is 5.90 Å². The van der Waals surface area contributed by atoms with Crippen molar-refractivity contribution in [2.24, 2.45) is 21.6 Å². The van der Waals surface area contributed by atoms with E-state index >= 15 is 0 Å². The molecule has 382 valence electrons. The summed E-state index contributed by atoms with van der Waals surface area (Å²) < 4.78 is 13.7. The molecular weight excluding hydrogens is 965 g/mol. The summed E-state index contributed by atoms with van der Waals surface area (Å²) in [5.41, 5.74) is 30.0. The SMILES string of the molecule is CC1C=CC2=C(C1)c1ccccc1C1N=C(c3ccc(C(N)=Nc4c(-c5ccc6ccccc6c5)cc(-c5ccc6ccccc6c5)cc4C(C)c4ccc(C(C)Oc5c(N)c6ccccc6c6ccccc56)cc4)cc3)OC21. The van der Waals surface area contributed by atoms with E-state index in [1.165, 1.54) is 38.4 Å². The summed E-state index contributed by atoms with van der Waals surface area (Å²) in [4.78, 5) is 10.8. The number of nitrogen functional groups attached to an aromatic ring is 1. The number of allylic oxidation sites excluding steroid dienone is 2. The highest BCUT2D eigenvalue weighted by atomic mass is 16.5. The largest absolute Gasteiger partial charge is 0.483 e. The van der Waals surface area contributed by atoms with Crippen molar-refractivity contribution in [2.75, 3.05) is 5.73 Å². The van der Waals surface area contributed by atoms with Gasteiger partial charge in [0.05, 0.1) is 11.4 Å². The van der Waals surface area contributed by atoms with Crippen LogP contribution >= 0.6 is 0 Å². The summed E-state index contributed by atoms with van der Waals surface area (Å²) in [6, 6.07) is 77.3. The van der Waals surface area contributed by atoms with Gasteiger partial charge in [-0.25, -0.2) is 9.98 Å². The summed E-state index contributed by atoms with van der Waals surface area (Å²) >= 11 is 0. The van der Waals surface area contributed by atoms with E-state index in [2.05, 4.69) is 227 Å². The molecule has 5 atom stereocenters.